The van der Waals surface area contributed by atoms with Gasteiger partial charge < -0.3 is 14.8 Å². The molecule has 2 rings (SSSR count). The number of alkyl carbamates (subject to hydrolysis) is 1. The van der Waals surface area contributed by atoms with Crippen LogP contribution < -0.4 is 5.32 Å². The van der Waals surface area contributed by atoms with Gasteiger partial charge in [0.25, 0.3) is 0 Å². The second kappa shape index (κ2) is 9.04. The monoisotopic (exact) mass is 355 g/mol. The fourth-order valence-corrected chi connectivity index (χ4v) is 2.39. The van der Waals surface area contributed by atoms with Crippen LogP contribution in [0.5, 0.6) is 0 Å². The standard InChI is InChI=1S/C21H25NO4/c1-21(2,3)26-19(23)14-18(17-12-8-5-9-13-17)22-20(24)25-15-16-10-6-4-7-11-16/h4-13,18H,14-15H2,1-3H3,(H,22,24). The molecule has 0 heterocycles. The first-order valence-electron chi connectivity index (χ1n) is 8.57. The topological polar surface area (TPSA) is 64.6 Å². The van der Waals surface area contributed by atoms with Crippen LogP contribution in [0.25, 0.3) is 0 Å². The third-order valence-electron chi connectivity index (χ3n) is 3.50. The number of esters is 1. The Morgan fingerprint density at radius 3 is 2.12 bits per heavy atom. The third kappa shape index (κ3) is 6.97. The maximum absolute atomic E-state index is 12.2. The fourth-order valence-electron chi connectivity index (χ4n) is 2.39. The molecule has 1 amide bonds. The molecule has 2 aromatic carbocycles. The lowest BCUT2D eigenvalue weighted by Gasteiger charge is -2.23. The number of hydrogen-bond donors (Lipinski definition) is 1. The minimum atomic E-state index is -0.578. The Morgan fingerprint density at radius 1 is 0.962 bits per heavy atom. The largest absolute Gasteiger partial charge is 0.460 e. The van der Waals surface area contributed by atoms with Crippen LogP contribution in [-0.4, -0.2) is 17.7 Å². The van der Waals surface area contributed by atoms with Crippen molar-refractivity contribution in [2.45, 2.75) is 45.4 Å². The zero-order valence-corrected chi connectivity index (χ0v) is 15.4. The molecule has 0 bridgehead atoms. The Bertz CT molecular complexity index is 708. The highest BCUT2D eigenvalue weighted by molar-refractivity contribution is 5.73. The van der Waals surface area contributed by atoms with Crippen molar-refractivity contribution in [3.8, 4) is 0 Å². The first kappa shape index (κ1) is 19.5. The van der Waals surface area contributed by atoms with Gasteiger partial charge in [0.1, 0.15) is 12.2 Å². The van der Waals surface area contributed by atoms with Crippen LogP contribution in [0.15, 0.2) is 60.7 Å². The van der Waals surface area contributed by atoms with Crippen molar-refractivity contribution < 1.29 is 19.1 Å². The van der Waals surface area contributed by atoms with E-state index in [0.717, 1.165) is 11.1 Å². The van der Waals surface area contributed by atoms with Gasteiger partial charge in [-0.05, 0) is 31.9 Å². The average Bonchev–Trinajstić information content (AvgIpc) is 2.59. The molecule has 0 aliphatic rings. The average molecular weight is 355 g/mol. The number of hydrogen-bond acceptors (Lipinski definition) is 4. The highest BCUT2D eigenvalue weighted by Crippen LogP contribution is 2.19. The third-order valence-corrected chi connectivity index (χ3v) is 3.50. The molecule has 138 valence electrons. The van der Waals surface area contributed by atoms with E-state index < -0.39 is 17.7 Å². The molecular formula is C21H25NO4. The zero-order valence-electron chi connectivity index (χ0n) is 15.4. The first-order chi connectivity index (χ1) is 12.3. The Morgan fingerprint density at radius 2 is 1.54 bits per heavy atom. The van der Waals surface area contributed by atoms with Crippen LogP contribution in [0.1, 0.15) is 44.4 Å². The van der Waals surface area contributed by atoms with Gasteiger partial charge in [0.05, 0.1) is 12.5 Å². The molecule has 0 aromatic heterocycles. The zero-order chi connectivity index (χ0) is 19.0. The fraction of sp³-hybridized carbons (Fsp3) is 0.333. The molecule has 2 aromatic rings. The van der Waals surface area contributed by atoms with E-state index in [9.17, 15) is 9.59 Å². The molecule has 26 heavy (non-hydrogen) atoms. The number of carbonyl (C=O) groups is 2. The Labute approximate surface area is 154 Å². The number of benzene rings is 2. The second-order valence-corrected chi connectivity index (χ2v) is 6.96. The summed E-state index contributed by atoms with van der Waals surface area (Å²) in [6.07, 6.45) is -0.548. The molecule has 0 radical (unpaired) electrons. The van der Waals surface area contributed by atoms with Crippen molar-refractivity contribution in [3.05, 3.63) is 71.8 Å². The maximum atomic E-state index is 12.2. The van der Waals surface area contributed by atoms with Crippen LogP contribution >= 0.6 is 0 Å². The first-order valence-corrected chi connectivity index (χ1v) is 8.57. The molecule has 0 aliphatic heterocycles. The van der Waals surface area contributed by atoms with Crippen LogP contribution in [0.4, 0.5) is 4.79 Å². The van der Waals surface area contributed by atoms with E-state index in [0.29, 0.717) is 0 Å². The molecule has 5 heteroatoms. The van der Waals surface area contributed by atoms with E-state index in [1.807, 2.05) is 81.4 Å². The van der Waals surface area contributed by atoms with E-state index in [1.54, 1.807) is 0 Å². The number of amides is 1. The summed E-state index contributed by atoms with van der Waals surface area (Å²) in [4.78, 5) is 24.4. The van der Waals surface area contributed by atoms with Crippen LogP contribution in [0, 0.1) is 0 Å². The molecule has 1 unspecified atom stereocenters. The highest BCUT2D eigenvalue weighted by Gasteiger charge is 2.23. The molecule has 0 saturated carbocycles. The quantitative estimate of drug-likeness (QED) is 0.781. The summed E-state index contributed by atoms with van der Waals surface area (Å²) < 4.78 is 10.6. The van der Waals surface area contributed by atoms with Gasteiger partial charge in [-0.25, -0.2) is 4.79 Å². The van der Waals surface area contributed by atoms with Gasteiger partial charge in [0, 0.05) is 0 Å². The normalized spacial score (nSPS) is 12.1. The summed E-state index contributed by atoms with van der Waals surface area (Å²) >= 11 is 0. The Hall–Kier alpha value is -2.82. The van der Waals surface area contributed by atoms with Crippen LogP contribution in [0.2, 0.25) is 0 Å². The van der Waals surface area contributed by atoms with Gasteiger partial charge in [-0.3, -0.25) is 4.79 Å². The summed E-state index contributed by atoms with van der Waals surface area (Å²) in [7, 11) is 0. The minimum Gasteiger partial charge on any atom is -0.460 e. The molecule has 5 nitrogen and oxygen atoms in total. The van der Waals surface area contributed by atoms with Crippen molar-refractivity contribution in [2.24, 2.45) is 0 Å². The summed E-state index contributed by atoms with van der Waals surface area (Å²) in [5, 5.41) is 2.76. The number of ether oxygens (including phenoxy) is 2. The van der Waals surface area contributed by atoms with Crippen molar-refractivity contribution in [2.75, 3.05) is 0 Å². The second-order valence-electron chi connectivity index (χ2n) is 6.96. The lowest BCUT2D eigenvalue weighted by molar-refractivity contribution is -0.155. The predicted octanol–water partition coefficient (Wildman–Crippen LogP) is 4.39. The number of carbonyl (C=O) groups excluding carboxylic acids is 2. The van der Waals surface area contributed by atoms with Crippen LogP contribution in [-0.2, 0) is 20.9 Å². The molecular weight excluding hydrogens is 330 g/mol. The SMILES string of the molecule is CC(C)(C)OC(=O)CC(NC(=O)OCc1ccccc1)c1ccccc1. The smallest absolute Gasteiger partial charge is 0.407 e. The van der Waals surface area contributed by atoms with E-state index in [1.165, 1.54) is 0 Å². The summed E-state index contributed by atoms with van der Waals surface area (Å²) in [5.41, 5.74) is 1.13. The van der Waals surface area contributed by atoms with Crippen molar-refractivity contribution >= 4 is 12.1 Å². The summed E-state index contributed by atoms with van der Waals surface area (Å²) in [6, 6.07) is 18.2. The molecule has 1 N–H and O–H groups in total. The number of rotatable bonds is 6. The van der Waals surface area contributed by atoms with Crippen molar-refractivity contribution in [1.82, 2.24) is 5.32 Å². The van der Waals surface area contributed by atoms with Gasteiger partial charge in [-0.15, -0.1) is 0 Å². The van der Waals surface area contributed by atoms with Gasteiger partial charge in [-0.1, -0.05) is 60.7 Å². The summed E-state index contributed by atoms with van der Waals surface area (Å²) in [5.74, 6) is -0.380. The number of nitrogens with one attached hydrogen (secondary N) is 1. The molecule has 0 fully saturated rings. The predicted molar refractivity (Wildman–Crippen MR) is 99.4 cm³/mol. The molecule has 0 spiro atoms. The highest BCUT2D eigenvalue weighted by atomic mass is 16.6. The summed E-state index contributed by atoms with van der Waals surface area (Å²) in [6.45, 7) is 5.60. The van der Waals surface area contributed by atoms with Crippen molar-refractivity contribution in [3.63, 3.8) is 0 Å². The Balaban J connectivity index is 1.99. The van der Waals surface area contributed by atoms with E-state index in [4.69, 9.17) is 9.47 Å². The van der Waals surface area contributed by atoms with Crippen LogP contribution in [0.3, 0.4) is 0 Å². The van der Waals surface area contributed by atoms with Gasteiger partial charge in [-0.2, -0.15) is 0 Å². The van der Waals surface area contributed by atoms with E-state index in [2.05, 4.69) is 5.32 Å². The van der Waals surface area contributed by atoms with E-state index in [-0.39, 0.29) is 19.0 Å². The Kier molecular flexibility index (Phi) is 6.78. The van der Waals surface area contributed by atoms with Crippen molar-refractivity contribution in [1.29, 1.82) is 0 Å². The molecule has 0 saturated heterocycles. The van der Waals surface area contributed by atoms with Gasteiger partial charge in [0.2, 0.25) is 0 Å². The van der Waals surface area contributed by atoms with Gasteiger partial charge in [0.15, 0.2) is 0 Å². The van der Waals surface area contributed by atoms with Gasteiger partial charge >= 0.3 is 12.1 Å². The lowest BCUT2D eigenvalue weighted by atomic mass is 10.0. The maximum Gasteiger partial charge on any atom is 0.407 e. The molecule has 0 aliphatic carbocycles. The van der Waals surface area contributed by atoms with E-state index >= 15 is 0 Å². The molecule has 1 atom stereocenters. The lowest BCUT2D eigenvalue weighted by Crippen LogP contribution is -2.33. The minimum absolute atomic E-state index is 0.0295.